The molecule has 2 atom stereocenters. The molecule has 1 aromatic rings. The lowest BCUT2D eigenvalue weighted by Gasteiger charge is -2.22. The lowest BCUT2D eigenvalue weighted by Crippen LogP contribution is -2.19. The van der Waals surface area contributed by atoms with E-state index in [0.29, 0.717) is 0 Å². The second-order valence-electron chi connectivity index (χ2n) is 3.04. The lowest BCUT2D eigenvalue weighted by molar-refractivity contribution is 0.0465. The molecular formula is C10H9BrO2. The van der Waals surface area contributed by atoms with Crippen molar-refractivity contribution in [3.8, 4) is 0 Å². The molecule has 0 saturated carbocycles. The topological polar surface area (TPSA) is 40.5 Å². The first-order chi connectivity index (χ1) is 6.20. The molecule has 1 aliphatic rings. The highest BCUT2D eigenvalue weighted by Gasteiger charge is 2.23. The average Bonchev–Trinajstić information content (AvgIpc) is 2.12. The zero-order valence-corrected chi connectivity index (χ0v) is 8.40. The minimum absolute atomic E-state index is 0.762. The first-order valence-electron chi connectivity index (χ1n) is 4.03. The molecule has 0 aliphatic heterocycles. The van der Waals surface area contributed by atoms with Crippen molar-refractivity contribution in [2.45, 2.75) is 12.2 Å². The number of hydrogen-bond acceptors (Lipinski definition) is 2. The SMILES string of the molecule is O[C@@H]1c2c(Br)cccc2C=C[C@@H]1O. The van der Waals surface area contributed by atoms with Gasteiger partial charge in [0, 0.05) is 10.0 Å². The minimum Gasteiger partial charge on any atom is -0.386 e. The molecule has 13 heavy (non-hydrogen) atoms. The molecule has 0 amide bonds. The van der Waals surface area contributed by atoms with E-state index in [0.717, 1.165) is 15.6 Å². The summed E-state index contributed by atoms with van der Waals surface area (Å²) in [5.41, 5.74) is 1.71. The van der Waals surface area contributed by atoms with Crippen LogP contribution in [0.3, 0.4) is 0 Å². The van der Waals surface area contributed by atoms with Crippen LogP contribution in [-0.2, 0) is 0 Å². The Labute approximate surface area is 84.7 Å². The first kappa shape index (κ1) is 8.94. The van der Waals surface area contributed by atoms with Crippen molar-refractivity contribution in [1.29, 1.82) is 0 Å². The summed E-state index contributed by atoms with van der Waals surface area (Å²) >= 11 is 3.34. The van der Waals surface area contributed by atoms with Gasteiger partial charge in [-0.05, 0) is 11.6 Å². The molecule has 0 spiro atoms. The van der Waals surface area contributed by atoms with E-state index in [4.69, 9.17) is 0 Å². The van der Waals surface area contributed by atoms with Crippen LogP contribution in [0.5, 0.6) is 0 Å². The van der Waals surface area contributed by atoms with E-state index in [1.807, 2.05) is 24.3 Å². The molecule has 0 fully saturated rings. The van der Waals surface area contributed by atoms with E-state index in [9.17, 15) is 10.2 Å². The standard InChI is InChI=1S/C10H9BrO2/c11-7-3-1-2-6-4-5-8(12)10(13)9(6)7/h1-5,8,10,12-13H/t8-,10-/m0/s1. The van der Waals surface area contributed by atoms with Gasteiger partial charge in [0.2, 0.25) is 0 Å². The van der Waals surface area contributed by atoms with Crippen LogP contribution in [0.15, 0.2) is 28.7 Å². The van der Waals surface area contributed by atoms with Crippen LogP contribution < -0.4 is 0 Å². The summed E-state index contributed by atoms with van der Waals surface area (Å²) < 4.78 is 0.834. The number of benzene rings is 1. The van der Waals surface area contributed by atoms with E-state index in [2.05, 4.69) is 15.9 Å². The number of aliphatic hydroxyl groups excluding tert-OH is 2. The van der Waals surface area contributed by atoms with E-state index in [1.165, 1.54) is 0 Å². The molecule has 0 heterocycles. The molecule has 1 aromatic carbocycles. The van der Waals surface area contributed by atoms with Gasteiger partial charge in [0.15, 0.2) is 0 Å². The quantitative estimate of drug-likeness (QED) is 0.727. The van der Waals surface area contributed by atoms with Crippen LogP contribution in [0.1, 0.15) is 17.2 Å². The van der Waals surface area contributed by atoms with E-state index in [-0.39, 0.29) is 0 Å². The Balaban J connectivity index is 2.60. The third-order valence-corrected chi connectivity index (χ3v) is 2.87. The van der Waals surface area contributed by atoms with Crippen molar-refractivity contribution < 1.29 is 10.2 Å². The molecule has 68 valence electrons. The van der Waals surface area contributed by atoms with Crippen molar-refractivity contribution >= 4 is 22.0 Å². The van der Waals surface area contributed by atoms with Gasteiger partial charge in [-0.15, -0.1) is 0 Å². The van der Waals surface area contributed by atoms with Gasteiger partial charge in [0.05, 0.1) is 0 Å². The lowest BCUT2D eigenvalue weighted by atomic mass is 9.93. The Morgan fingerprint density at radius 3 is 2.77 bits per heavy atom. The van der Waals surface area contributed by atoms with Crippen LogP contribution in [-0.4, -0.2) is 16.3 Å². The van der Waals surface area contributed by atoms with Gasteiger partial charge in [0.1, 0.15) is 12.2 Å². The summed E-state index contributed by atoms with van der Waals surface area (Å²) in [6.45, 7) is 0. The van der Waals surface area contributed by atoms with Crippen LogP contribution in [0.4, 0.5) is 0 Å². The Hall–Kier alpha value is -0.640. The third kappa shape index (κ3) is 1.43. The highest BCUT2D eigenvalue weighted by molar-refractivity contribution is 9.10. The highest BCUT2D eigenvalue weighted by Crippen LogP contribution is 2.33. The Morgan fingerprint density at radius 2 is 2.00 bits per heavy atom. The second kappa shape index (κ2) is 3.25. The minimum atomic E-state index is -0.824. The van der Waals surface area contributed by atoms with E-state index >= 15 is 0 Å². The Kier molecular flexibility index (Phi) is 2.24. The number of halogens is 1. The van der Waals surface area contributed by atoms with Crippen molar-refractivity contribution in [2.75, 3.05) is 0 Å². The van der Waals surface area contributed by atoms with Crippen LogP contribution in [0.2, 0.25) is 0 Å². The molecule has 3 heteroatoms. The van der Waals surface area contributed by atoms with Gasteiger partial charge < -0.3 is 10.2 Å². The predicted molar refractivity (Wildman–Crippen MR) is 54.1 cm³/mol. The molecule has 2 N–H and O–H groups in total. The zero-order chi connectivity index (χ0) is 9.42. The number of rotatable bonds is 0. The molecule has 0 unspecified atom stereocenters. The maximum Gasteiger partial charge on any atom is 0.110 e. The maximum atomic E-state index is 9.68. The van der Waals surface area contributed by atoms with Gasteiger partial charge in [-0.2, -0.15) is 0 Å². The molecule has 1 aliphatic carbocycles. The first-order valence-corrected chi connectivity index (χ1v) is 4.82. The van der Waals surface area contributed by atoms with Crippen molar-refractivity contribution in [2.24, 2.45) is 0 Å². The fraction of sp³-hybridized carbons (Fsp3) is 0.200. The van der Waals surface area contributed by atoms with Crippen LogP contribution in [0.25, 0.3) is 6.08 Å². The van der Waals surface area contributed by atoms with Gasteiger partial charge in [0.25, 0.3) is 0 Å². The largest absolute Gasteiger partial charge is 0.386 e. The molecule has 2 rings (SSSR count). The van der Waals surface area contributed by atoms with Gasteiger partial charge in [-0.1, -0.05) is 40.2 Å². The van der Waals surface area contributed by atoms with Crippen molar-refractivity contribution in [1.82, 2.24) is 0 Å². The van der Waals surface area contributed by atoms with Crippen molar-refractivity contribution in [3.63, 3.8) is 0 Å². The van der Waals surface area contributed by atoms with Gasteiger partial charge in [-0.3, -0.25) is 0 Å². The monoisotopic (exact) mass is 240 g/mol. The molecule has 0 radical (unpaired) electrons. The number of fused-ring (bicyclic) bond motifs is 1. The van der Waals surface area contributed by atoms with Crippen molar-refractivity contribution in [3.05, 3.63) is 39.9 Å². The third-order valence-electron chi connectivity index (χ3n) is 2.18. The fourth-order valence-corrected chi connectivity index (χ4v) is 2.11. The molecule has 0 saturated heterocycles. The van der Waals surface area contributed by atoms with Gasteiger partial charge in [-0.25, -0.2) is 0 Å². The van der Waals surface area contributed by atoms with Crippen LogP contribution >= 0.6 is 15.9 Å². The summed E-state index contributed by atoms with van der Waals surface area (Å²) in [6, 6.07) is 5.66. The molecule has 2 nitrogen and oxygen atoms in total. The smallest absolute Gasteiger partial charge is 0.110 e. The van der Waals surface area contributed by atoms with Crippen LogP contribution in [0, 0.1) is 0 Å². The normalized spacial score (nSPS) is 25.8. The summed E-state index contributed by atoms with van der Waals surface area (Å²) in [5, 5.41) is 19.1. The van der Waals surface area contributed by atoms with Gasteiger partial charge >= 0.3 is 0 Å². The Morgan fingerprint density at radius 1 is 1.23 bits per heavy atom. The number of aliphatic hydroxyl groups is 2. The van der Waals surface area contributed by atoms with E-state index in [1.54, 1.807) is 6.08 Å². The summed E-state index contributed by atoms with van der Waals surface area (Å²) in [4.78, 5) is 0. The summed E-state index contributed by atoms with van der Waals surface area (Å²) in [7, 11) is 0. The average molecular weight is 241 g/mol. The second-order valence-corrected chi connectivity index (χ2v) is 3.89. The zero-order valence-electron chi connectivity index (χ0n) is 6.81. The molecule has 0 aromatic heterocycles. The maximum absolute atomic E-state index is 9.68. The molecular weight excluding hydrogens is 232 g/mol. The molecule has 0 bridgehead atoms. The fourth-order valence-electron chi connectivity index (χ4n) is 1.49. The Bertz CT molecular complexity index is 360. The number of hydrogen-bond donors (Lipinski definition) is 2. The summed E-state index contributed by atoms with van der Waals surface area (Å²) in [5.74, 6) is 0. The predicted octanol–water partition coefficient (Wildman–Crippen LogP) is 1.87. The highest BCUT2D eigenvalue weighted by atomic mass is 79.9. The van der Waals surface area contributed by atoms with E-state index < -0.39 is 12.2 Å². The summed E-state index contributed by atoms with van der Waals surface area (Å²) in [6.07, 6.45) is 1.79.